The van der Waals surface area contributed by atoms with Crippen LogP contribution in [-0.4, -0.2) is 25.8 Å². The van der Waals surface area contributed by atoms with Crippen molar-refractivity contribution in [1.82, 2.24) is 5.32 Å². The van der Waals surface area contributed by atoms with Crippen molar-refractivity contribution in [3.63, 3.8) is 0 Å². The zero-order chi connectivity index (χ0) is 13.0. The van der Waals surface area contributed by atoms with Crippen molar-refractivity contribution in [1.29, 1.82) is 0 Å². The molecule has 0 aromatic carbocycles. The fraction of sp³-hybridized carbons (Fsp3) is 1.00. The van der Waals surface area contributed by atoms with Crippen molar-refractivity contribution in [3.8, 4) is 0 Å². The zero-order valence-electron chi connectivity index (χ0n) is 12.5. The highest BCUT2D eigenvalue weighted by atomic mass is 16.5. The molecule has 0 bridgehead atoms. The van der Waals surface area contributed by atoms with E-state index in [1.807, 2.05) is 0 Å². The molecular formula is C16H31NO. The Hall–Kier alpha value is -0.0800. The number of hydrogen-bond donors (Lipinski definition) is 1. The van der Waals surface area contributed by atoms with Gasteiger partial charge in [0.25, 0.3) is 0 Å². The largest absolute Gasteiger partial charge is 0.378 e. The minimum absolute atomic E-state index is 0.549. The van der Waals surface area contributed by atoms with E-state index in [0.29, 0.717) is 6.10 Å². The quantitative estimate of drug-likeness (QED) is 0.810. The third-order valence-electron chi connectivity index (χ3n) is 4.66. The number of rotatable bonds is 5. The molecule has 2 fully saturated rings. The van der Waals surface area contributed by atoms with Crippen molar-refractivity contribution >= 4 is 0 Å². The molecule has 2 heteroatoms. The lowest BCUT2D eigenvalue weighted by atomic mass is 9.76. The van der Waals surface area contributed by atoms with E-state index < -0.39 is 0 Å². The van der Waals surface area contributed by atoms with Gasteiger partial charge in [-0.05, 0) is 43.6 Å². The molecule has 1 saturated carbocycles. The molecule has 1 aliphatic carbocycles. The summed E-state index contributed by atoms with van der Waals surface area (Å²) in [5.41, 5.74) is 0. The normalized spacial score (nSPS) is 37.3. The minimum atomic E-state index is 0.549. The summed E-state index contributed by atoms with van der Waals surface area (Å²) < 4.78 is 6.07. The summed E-state index contributed by atoms with van der Waals surface area (Å²) in [5, 5.41) is 3.63. The Bertz CT molecular complexity index is 241. The molecule has 0 aromatic rings. The molecule has 2 nitrogen and oxygen atoms in total. The van der Waals surface area contributed by atoms with E-state index in [4.69, 9.17) is 4.74 Å². The Morgan fingerprint density at radius 2 is 2.06 bits per heavy atom. The third kappa shape index (κ3) is 3.96. The number of hydrogen-bond acceptors (Lipinski definition) is 2. The molecular weight excluding hydrogens is 222 g/mol. The molecule has 1 heterocycles. The van der Waals surface area contributed by atoms with E-state index in [0.717, 1.165) is 43.4 Å². The first-order valence-electron chi connectivity index (χ1n) is 7.99. The Labute approximate surface area is 113 Å². The van der Waals surface area contributed by atoms with Crippen LogP contribution in [-0.2, 0) is 4.74 Å². The molecule has 0 aromatic heterocycles. The maximum absolute atomic E-state index is 6.07. The van der Waals surface area contributed by atoms with E-state index in [1.54, 1.807) is 0 Å². The molecule has 106 valence electrons. The van der Waals surface area contributed by atoms with Crippen LogP contribution in [0.3, 0.4) is 0 Å². The fourth-order valence-electron chi connectivity index (χ4n) is 3.73. The lowest BCUT2D eigenvalue weighted by Gasteiger charge is -2.33. The summed E-state index contributed by atoms with van der Waals surface area (Å²) in [4.78, 5) is 0. The second-order valence-corrected chi connectivity index (χ2v) is 6.97. The average molecular weight is 253 g/mol. The Morgan fingerprint density at radius 3 is 2.78 bits per heavy atom. The van der Waals surface area contributed by atoms with Crippen molar-refractivity contribution in [2.75, 3.05) is 19.7 Å². The second-order valence-electron chi connectivity index (χ2n) is 6.97. The molecule has 1 saturated heterocycles. The van der Waals surface area contributed by atoms with Crippen LogP contribution in [0.4, 0.5) is 0 Å². The van der Waals surface area contributed by atoms with Gasteiger partial charge in [0.05, 0.1) is 6.10 Å². The smallest absolute Gasteiger partial charge is 0.0644 e. The third-order valence-corrected chi connectivity index (χ3v) is 4.66. The van der Waals surface area contributed by atoms with Crippen molar-refractivity contribution < 1.29 is 4.74 Å². The van der Waals surface area contributed by atoms with Crippen LogP contribution in [0.1, 0.15) is 52.9 Å². The van der Waals surface area contributed by atoms with Crippen molar-refractivity contribution in [2.45, 2.75) is 59.0 Å². The molecule has 0 radical (unpaired) electrons. The van der Waals surface area contributed by atoms with Gasteiger partial charge in [-0.15, -0.1) is 0 Å². The number of nitrogens with one attached hydrogen (secondary N) is 1. The van der Waals surface area contributed by atoms with E-state index in [-0.39, 0.29) is 0 Å². The van der Waals surface area contributed by atoms with Crippen LogP contribution in [0.5, 0.6) is 0 Å². The van der Waals surface area contributed by atoms with E-state index in [2.05, 4.69) is 26.1 Å². The van der Waals surface area contributed by atoms with E-state index in [9.17, 15) is 0 Å². The first kappa shape index (κ1) is 14.3. The van der Waals surface area contributed by atoms with Crippen LogP contribution in [0.25, 0.3) is 0 Å². The first-order valence-corrected chi connectivity index (χ1v) is 7.99. The van der Waals surface area contributed by atoms with Gasteiger partial charge in [0.1, 0.15) is 0 Å². The summed E-state index contributed by atoms with van der Waals surface area (Å²) >= 11 is 0. The molecule has 18 heavy (non-hydrogen) atoms. The molecule has 0 spiro atoms. The topological polar surface area (TPSA) is 21.3 Å². The monoisotopic (exact) mass is 253 g/mol. The van der Waals surface area contributed by atoms with Crippen LogP contribution in [0, 0.1) is 23.7 Å². The number of ether oxygens (including phenoxy) is 1. The molecule has 2 aliphatic rings. The van der Waals surface area contributed by atoms with Gasteiger partial charge in [-0.1, -0.05) is 33.6 Å². The average Bonchev–Trinajstić information content (AvgIpc) is 2.77. The van der Waals surface area contributed by atoms with Gasteiger partial charge in [-0.25, -0.2) is 0 Å². The van der Waals surface area contributed by atoms with Gasteiger partial charge < -0.3 is 10.1 Å². The lowest BCUT2D eigenvalue weighted by Crippen LogP contribution is -2.36. The SMILES string of the molecule is CC(C)CNCC1CCOC1C1CCCC(C)C1. The van der Waals surface area contributed by atoms with Gasteiger partial charge in [0.15, 0.2) is 0 Å². The lowest BCUT2D eigenvalue weighted by molar-refractivity contribution is 0.0187. The standard InChI is InChI=1S/C16H31NO/c1-12(2)10-17-11-15-7-8-18-16(15)14-6-4-5-13(3)9-14/h12-17H,4-11H2,1-3H3. The summed E-state index contributed by atoms with van der Waals surface area (Å²) in [5.74, 6) is 3.26. The van der Waals surface area contributed by atoms with Gasteiger partial charge in [0, 0.05) is 19.1 Å². The fourth-order valence-corrected chi connectivity index (χ4v) is 3.73. The highest BCUT2D eigenvalue weighted by molar-refractivity contribution is 4.86. The minimum Gasteiger partial charge on any atom is -0.378 e. The van der Waals surface area contributed by atoms with Gasteiger partial charge in [0.2, 0.25) is 0 Å². The molecule has 4 unspecified atom stereocenters. The van der Waals surface area contributed by atoms with Crippen molar-refractivity contribution in [2.24, 2.45) is 23.7 Å². The molecule has 1 aliphatic heterocycles. The zero-order valence-corrected chi connectivity index (χ0v) is 12.5. The first-order chi connectivity index (χ1) is 8.66. The molecule has 1 N–H and O–H groups in total. The molecule has 0 amide bonds. The van der Waals surface area contributed by atoms with Crippen LogP contribution < -0.4 is 5.32 Å². The Morgan fingerprint density at radius 1 is 1.22 bits per heavy atom. The predicted octanol–water partition coefficient (Wildman–Crippen LogP) is 3.46. The van der Waals surface area contributed by atoms with E-state index >= 15 is 0 Å². The van der Waals surface area contributed by atoms with Gasteiger partial charge in [-0.2, -0.15) is 0 Å². The Kier molecular flexibility index (Phi) is 5.50. The summed E-state index contributed by atoms with van der Waals surface area (Å²) in [7, 11) is 0. The highest BCUT2D eigenvalue weighted by Crippen LogP contribution is 2.37. The molecule has 2 rings (SSSR count). The Balaban J connectivity index is 1.79. The van der Waals surface area contributed by atoms with Crippen LogP contribution in [0.2, 0.25) is 0 Å². The van der Waals surface area contributed by atoms with Crippen molar-refractivity contribution in [3.05, 3.63) is 0 Å². The van der Waals surface area contributed by atoms with E-state index in [1.165, 1.54) is 32.1 Å². The second kappa shape index (κ2) is 6.91. The highest BCUT2D eigenvalue weighted by Gasteiger charge is 2.36. The summed E-state index contributed by atoms with van der Waals surface area (Å²) in [6.45, 7) is 10.3. The van der Waals surface area contributed by atoms with Gasteiger partial charge >= 0.3 is 0 Å². The van der Waals surface area contributed by atoms with Crippen LogP contribution >= 0.6 is 0 Å². The summed E-state index contributed by atoms with van der Waals surface area (Å²) in [6, 6.07) is 0. The summed E-state index contributed by atoms with van der Waals surface area (Å²) in [6.07, 6.45) is 7.45. The maximum Gasteiger partial charge on any atom is 0.0644 e. The maximum atomic E-state index is 6.07. The molecule has 4 atom stereocenters. The van der Waals surface area contributed by atoms with Gasteiger partial charge in [-0.3, -0.25) is 0 Å². The van der Waals surface area contributed by atoms with Crippen LogP contribution in [0.15, 0.2) is 0 Å². The predicted molar refractivity (Wildman–Crippen MR) is 76.7 cm³/mol.